The van der Waals surface area contributed by atoms with Crippen molar-refractivity contribution in [3.8, 4) is 11.4 Å². The molecule has 0 fully saturated rings. The van der Waals surface area contributed by atoms with E-state index in [0.29, 0.717) is 18.1 Å². The van der Waals surface area contributed by atoms with Gasteiger partial charge in [-0.25, -0.2) is 9.78 Å². The average molecular weight is 311 g/mol. The average Bonchev–Trinajstić information content (AvgIpc) is 2.82. The van der Waals surface area contributed by atoms with Crippen LogP contribution in [0.4, 0.5) is 5.69 Å². The van der Waals surface area contributed by atoms with E-state index in [1.165, 1.54) is 0 Å². The molecule has 94 valence electrons. The van der Waals surface area contributed by atoms with E-state index >= 15 is 0 Å². The van der Waals surface area contributed by atoms with Crippen LogP contribution in [0.15, 0.2) is 22.7 Å². The number of carbonyl (C=O) groups is 1. The summed E-state index contributed by atoms with van der Waals surface area (Å²) < 4.78 is 5.61. The number of carbonyl (C=O) groups excluding carboxylic acids is 1. The molecule has 2 rings (SSSR count). The van der Waals surface area contributed by atoms with Crippen molar-refractivity contribution in [1.29, 1.82) is 0 Å². The summed E-state index contributed by atoms with van der Waals surface area (Å²) in [5, 5.41) is 6.49. The highest BCUT2D eigenvalue weighted by Gasteiger charge is 2.14. The fourth-order valence-corrected chi connectivity index (χ4v) is 1.61. The standard InChI is InChI=1S/C11H11BrN4O2/c1-2-18-11(17)10-14-9(15-16-10)6-3-4-7(12)8(13)5-6/h3-5H,2,13H2,1H3,(H,14,15,16). The monoisotopic (exact) mass is 310 g/mol. The third-order valence-electron chi connectivity index (χ3n) is 2.21. The lowest BCUT2D eigenvalue weighted by Gasteiger charge is -1.99. The summed E-state index contributed by atoms with van der Waals surface area (Å²) in [5.41, 5.74) is 7.07. The molecule has 0 atom stereocenters. The van der Waals surface area contributed by atoms with Crippen LogP contribution in [0, 0.1) is 0 Å². The van der Waals surface area contributed by atoms with Gasteiger partial charge in [0.2, 0.25) is 5.82 Å². The molecule has 0 unspecified atom stereocenters. The molecule has 1 aromatic heterocycles. The third kappa shape index (κ3) is 2.51. The van der Waals surface area contributed by atoms with Crippen molar-refractivity contribution in [2.24, 2.45) is 0 Å². The zero-order valence-electron chi connectivity index (χ0n) is 9.61. The molecule has 0 amide bonds. The molecule has 2 aromatic rings. The van der Waals surface area contributed by atoms with E-state index < -0.39 is 5.97 Å². The summed E-state index contributed by atoms with van der Waals surface area (Å²) in [4.78, 5) is 15.5. The van der Waals surface area contributed by atoms with E-state index in [1.54, 1.807) is 25.1 Å². The van der Waals surface area contributed by atoms with Gasteiger partial charge in [-0.15, -0.1) is 0 Å². The lowest BCUT2D eigenvalue weighted by atomic mass is 10.2. The van der Waals surface area contributed by atoms with Crippen molar-refractivity contribution in [1.82, 2.24) is 15.2 Å². The largest absolute Gasteiger partial charge is 0.460 e. The van der Waals surface area contributed by atoms with E-state index in [-0.39, 0.29) is 5.82 Å². The number of rotatable bonds is 3. The van der Waals surface area contributed by atoms with Gasteiger partial charge in [-0.3, -0.25) is 5.10 Å². The van der Waals surface area contributed by atoms with Crippen molar-refractivity contribution in [3.63, 3.8) is 0 Å². The normalized spacial score (nSPS) is 10.3. The van der Waals surface area contributed by atoms with E-state index in [9.17, 15) is 4.79 Å². The van der Waals surface area contributed by atoms with Gasteiger partial charge in [0, 0.05) is 15.7 Å². The van der Waals surface area contributed by atoms with E-state index in [4.69, 9.17) is 10.5 Å². The minimum Gasteiger partial charge on any atom is -0.460 e. The maximum atomic E-state index is 11.4. The molecule has 0 bridgehead atoms. The molecule has 0 spiro atoms. The van der Waals surface area contributed by atoms with Crippen LogP contribution in [0.3, 0.4) is 0 Å². The highest BCUT2D eigenvalue weighted by atomic mass is 79.9. The number of H-pyrrole nitrogens is 1. The first-order valence-corrected chi connectivity index (χ1v) is 6.06. The van der Waals surface area contributed by atoms with Gasteiger partial charge in [0.1, 0.15) is 0 Å². The predicted octanol–water partition coefficient (Wildman–Crippen LogP) is 1.99. The summed E-state index contributed by atoms with van der Waals surface area (Å²) in [6.45, 7) is 2.02. The minimum atomic E-state index is -0.527. The molecule has 1 aromatic carbocycles. The maximum absolute atomic E-state index is 11.4. The van der Waals surface area contributed by atoms with Crippen LogP contribution in [0.1, 0.15) is 17.5 Å². The van der Waals surface area contributed by atoms with Crippen LogP contribution in [0.2, 0.25) is 0 Å². The molecule has 0 radical (unpaired) electrons. The molecule has 7 heteroatoms. The second kappa shape index (κ2) is 5.18. The van der Waals surface area contributed by atoms with Crippen LogP contribution in [-0.2, 0) is 4.74 Å². The van der Waals surface area contributed by atoms with Crippen molar-refractivity contribution >= 4 is 27.6 Å². The van der Waals surface area contributed by atoms with E-state index in [0.717, 1.165) is 10.0 Å². The van der Waals surface area contributed by atoms with E-state index in [1.807, 2.05) is 0 Å². The Morgan fingerprint density at radius 1 is 1.56 bits per heavy atom. The number of nitrogens with one attached hydrogen (secondary N) is 1. The van der Waals surface area contributed by atoms with Gasteiger partial charge < -0.3 is 10.5 Å². The Bertz CT molecular complexity index is 582. The number of nitrogen functional groups attached to an aromatic ring is 1. The Kier molecular flexibility index (Phi) is 3.61. The van der Waals surface area contributed by atoms with Crippen LogP contribution in [-0.4, -0.2) is 27.8 Å². The number of ether oxygens (including phenoxy) is 1. The molecule has 6 nitrogen and oxygen atoms in total. The zero-order valence-corrected chi connectivity index (χ0v) is 11.2. The van der Waals surface area contributed by atoms with Crippen molar-refractivity contribution in [2.45, 2.75) is 6.92 Å². The highest BCUT2D eigenvalue weighted by Crippen LogP contribution is 2.24. The third-order valence-corrected chi connectivity index (χ3v) is 2.93. The van der Waals surface area contributed by atoms with Gasteiger partial charge in [-0.1, -0.05) is 0 Å². The van der Waals surface area contributed by atoms with Crippen molar-refractivity contribution in [3.05, 3.63) is 28.5 Å². The fraction of sp³-hybridized carbons (Fsp3) is 0.182. The van der Waals surface area contributed by atoms with Crippen molar-refractivity contribution < 1.29 is 9.53 Å². The molecule has 0 aliphatic heterocycles. The zero-order chi connectivity index (χ0) is 13.1. The Hall–Kier alpha value is -1.89. The quantitative estimate of drug-likeness (QED) is 0.668. The first kappa shape index (κ1) is 12.6. The molecular formula is C11H11BrN4O2. The predicted molar refractivity (Wildman–Crippen MR) is 69.9 cm³/mol. The number of nitrogens with zero attached hydrogens (tertiary/aromatic N) is 2. The number of benzene rings is 1. The van der Waals surface area contributed by atoms with Gasteiger partial charge in [0.15, 0.2) is 5.82 Å². The van der Waals surface area contributed by atoms with Crippen LogP contribution in [0.5, 0.6) is 0 Å². The highest BCUT2D eigenvalue weighted by molar-refractivity contribution is 9.10. The Morgan fingerprint density at radius 3 is 3.00 bits per heavy atom. The Morgan fingerprint density at radius 2 is 2.33 bits per heavy atom. The molecule has 0 aliphatic carbocycles. The Balaban J connectivity index is 2.29. The lowest BCUT2D eigenvalue weighted by Crippen LogP contribution is -2.06. The first-order chi connectivity index (χ1) is 8.61. The molecule has 0 aliphatic rings. The molecule has 0 saturated carbocycles. The van der Waals surface area contributed by atoms with Crippen LogP contribution < -0.4 is 5.73 Å². The number of aromatic nitrogens is 3. The molecule has 18 heavy (non-hydrogen) atoms. The first-order valence-electron chi connectivity index (χ1n) is 5.26. The lowest BCUT2D eigenvalue weighted by molar-refractivity contribution is 0.0512. The number of anilines is 1. The number of esters is 1. The second-order valence-electron chi connectivity index (χ2n) is 3.46. The molecular weight excluding hydrogens is 300 g/mol. The second-order valence-corrected chi connectivity index (χ2v) is 4.32. The molecule has 3 N–H and O–H groups in total. The topological polar surface area (TPSA) is 93.9 Å². The van der Waals surface area contributed by atoms with Crippen molar-refractivity contribution in [2.75, 3.05) is 12.3 Å². The number of aromatic amines is 1. The van der Waals surface area contributed by atoms with Gasteiger partial charge in [-0.05, 0) is 41.1 Å². The molecule has 0 saturated heterocycles. The fourth-order valence-electron chi connectivity index (χ4n) is 1.36. The minimum absolute atomic E-state index is 0.0772. The number of halogens is 1. The summed E-state index contributed by atoms with van der Waals surface area (Å²) in [6, 6.07) is 5.33. The van der Waals surface area contributed by atoms with Gasteiger partial charge in [-0.2, -0.15) is 5.10 Å². The van der Waals surface area contributed by atoms with Gasteiger partial charge in [0.25, 0.3) is 0 Å². The maximum Gasteiger partial charge on any atom is 0.375 e. The summed E-state index contributed by atoms with van der Waals surface area (Å²) in [7, 11) is 0. The molecule has 1 heterocycles. The van der Waals surface area contributed by atoms with Gasteiger partial charge >= 0.3 is 5.97 Å². The van der Waals surface area contributed by atoms with Gasteiger partial charge in [0.05, 0.1) is 6.61 Å². The van der Waals surface area contributed by atoms with Crippen LogP contribution in [0.25, 0.3) is 11.4 Å². The number of hydrogen-bond acceptors (Lipinski definition) is 5. The van der Waals surface area contributed by atoms with E-state index in [2.05, 4.69) is 31.1 Å². The number of hydrogen-bond donors (Lipinski definition) is 2. The summed E-state index contributed by atoms with van der Waals surface area (Å²) >= 11 is 3.30. The summed E-state index contributed by atoms with van der Waals surface area (Å²) in [5.74, 6) is -0.0491. The summed E-state index contributed by atoms with van der Waals surface area (Å²) in [6.07, 6.45) is 0. The SMILES string of the molecule is CCOC(=O)c1nc(-c2ccc(Br)c(N)c2)n[nH]1. The Labute approximate surface area is 112 Å². The number of nitrogens with two attached hydrogens (primary N) is 1. The van der Waals surface area contributed by atoms with Crippen LogP contribution >= 0.6 is 15.9 Å². The smallest absolute Gasteiger partial charge is 0.375 e.